The number of hydrogen-bond donors (Lipinski definition) is 0. The Kier molecular flexibility index (Phi) is 3.67. The van der Waals surface area contributed by atoms with Crippen molar-refractivity contribution >= 4 is 49.8 Å². The highest BCUT2D eigenvalue weighted by Gasteiger charge is 2.12. The van der Waals surface area contributed by atoms with Crippen molar-refractivity contribution in [2.24, 2.45) is 0 Å². The molecule has 0 fully saturated rings. The van der Waals surface area contributed by atoms with E-state index in [0.29, 0.717) is 11.0 Å². The van der Waals surface area contributed by atoms with Gasteiger partial charge in [0.2, 0.25) is 0 Å². The molecule has 0 radical (unpaired) electrons. The minimum Gasteiger partial charge on any atom is -0.496 e. The maximum Gasteiger partial charge on any atom is 0.171 e. The van der Waals surface area contributed by atoms with Crippen LogP contribution in [0, 0.1) is 6.92 Å². The first-order valence-corrected chi connectivity index (χ1v) is 7.90. The van der Waals surface area contributed by atoms with Crippen LogP contribution < -0.4 is 4.74 Å². The monoisotopic (exact) mass is 368 g/mol. The third kappa shape index (κ3) is 2.41. The molecule has 0 aliphatic heterocycles. The normalized spacial score (nSPS) is 11.0. The number of thiophene rings is 1. The zero-order valence-electron chi connectivity index (χ0n) is 10.8. The minimum atomic E-state index is 0.460. The molecule has 3 nitrogen and oxygen atoms in total. The summed E-state index contributed by atoms with van der Waals surface area (Å²) in [6.07, 6.45) is 0. The number of hydrogen-bond acceptors (Lipinski definition) is 4. The number of rotatable bonds is 2. The van der Waals surface area contributed by atoms with Gasteiger partial charge in [0.25, 0.3) is 0 Å². The summed E-state index contributed by atoms with van der Waals surface area (Å²) in [7, 11) is 1.64. The van der Waals surface area contributed by atoms with Crippen LogP contribution in [0.2, 0.25) is 5.15 Å². The standard InChI is InChI=1S/C14H10BrClN2OS/c1-7-3-9-12(10(15)4-7)17-14(18-13(9)16)11-5-8(19-2)6-20-11/h3-6H,1-2H3. The molecule has 0 bridgehead atoms. The summed E-state index contributed by atoms with van der Waals surface area (Å²) < 4.78 is 6.10. The highest BCUT2D eigenvalue weighted by molar-refractivity contribution is 9.10. The highest BCUT2D eigenvalue weighted by Crippen LogP contribution is 2.34. The molecule has 6 heteroatoms. The molecular weight excluding hydrogens is 360 g/mol. The number of aryl methyl sites for hydroxylation is 1. The fourth-order valence-electron chi connectivity index (χ4n) is 1.94. The van der Waals surface area contributed by atoms with Crippen LogP contribution in [0.1, 0.15) is 5.56 Å². The van der Waals surface area contributed by atoms with Crippen LogP contribution in [0.5, 0.6) is 5.75 Å². The maximum atomic E-state index is 6.30. The average Bonchev–Trinajstić information content (AvgIpc) is 2.88. The van der Waals surface area contributed by atoms with Crippen molar-refractivity contribution in [2.75, 3.05) is 7.11 Å². The lowest BCUT2D eigenvalue weighted by molar-refractivity contribution is 0.417. The quantitative estimate of drug-likeness (QED) is 0.590. The van der Waals surface area contributed by atoms with E-state index in [-0.39, 0.29) is 0 Å². The fourth-order valence-corrected chi connectivity index (χ4v) is 3.62. The third-order valence-corrected chi connectivity index (χ3v) is 4.68. The predicted octanol–water partition coefficient (Wildman–Crippen LogP) is 5.09. The molecule has 102 valence electrons. The lowest BCUT2D eigenvalue weighted by Crippen LogP contribution is -1.92. The van der Waals surface area contributed by atoms with Gasteiger partial charge >= 0.3 is 0 Å². The number of fused-ring (bicyclic) bond motifs is 1. The Labute approximate surface area is 133 Å². The topological polar surface area (TPSA) is 35.0 Å². The SMILES string of the molecule is COc1csc(-c2nc(Cl)c3cc(C)cc(Br)c3n2)c1. The van der Waals surface area contributed by atoms with Gasteiger partial charge in [-0.3, -0.25) is 0 Å². The van der Waals surface area contributed by atoms with Crippen molar-refractivity contribution in [3.8, 4) is 16.5 Å². The molecule has 0 spiro atoms. The number of methoxy groups -OCH3 is 1. The lowest BCUT2D eigenvalue weighted by atomic mass is 10.2. The van der Waals surface area contributed by atoms with Crippen molar-refractivity contribution in [1.82, 2.24) is 9.97 Å². The van der Waals surface area contributed by atoms with E-state index in [4.69, 9.17) is 16.3 Å². The Morgan fingerprint density at radius 3 is 2.75 bits per heavy atom. The van der Waals surface area contributed by atoms with Crippen molar-refractivity contribution in [3.05, 3.63) is 38.8 Å². The molecule has 2 aromatic heterocycles. The van der Waals surface area contributed by atoms with E-state index >= 15 is 0 Å². The molecule has 1 aromatic carbocycles. The Hall–Kier alpha value is -1.17. The molecule has 0 aliphatic carbocycles. The van der Waals surface area contributed by atoms with Gasteiger partial charge < -0.3 is 4.74 Å². The van der Waals surface area contributed by atoms with Crippen LogP contribution in [-0.2, 0) is 0 Å². The Balaban J connectivity index is 2.23. The molecule has 3 rings (SSSR count). The summed E-state index contributed by atoms with van der Waals surface area (Å²) >= 11 is 11.4. The number of ether oxygens (including phenoxy) is 1. The zero-order valence-corrected chi connectivity index (χ0v) is 13.9. The van der Waals surface area contributed by atoms with Crippen LogP contribution >= 0.6 is 38.9 Å². The largest absolute Gasteiger partial charge is 0.496 e. The lowest BCUT2D eigenvalue weighted by Gasteiger charge is -2.06. The van der Waals surface area contributed by atoms with Crippen LogP contribution in [-0.4, -0.2) is 17.1 Å². The van der Waals surface area contributed by atoms with Gasteiger partial charge in [-0.05, 0) is 40.5 Å². The molecular formula is C14H10BrClN2OS. The summed E-state index contributed by atoms with van der Waals surface area (Å²) in [6.45, 7) is 2.01. The minimum absolute atomic E-state index is 0.460. The molecule has 0 atom stereocenters. The van der Waals surface area contributed by atoms with Crippen LogP contribution in [0.25, 0.3) is 21.6 Å². The molecule has 0 amide bonds. The molecule has 0 N–H and O–H groups in total. The average molecular weight is 370 g/mol. The summed E-state index contributed by atoms with van der Waals surface area (Å²) in [5.74, 6) is 1.41. The second-order valence-electron chi connectivity index (χ2n) is 4.33. The van der Waals surface area contributed by atoms with Crippen molar-refractivity contribution < 1.29 is 4.74 Å². The van der Waals surface area contributed by atoms with Gasteiger partial charge in [-0.25, -0.2) is 9.97 Å². The molecule has 0 unspecified atom stereocenters. The molecule has 2 heterocycles. The van der Waals surface area contributed by atoms with E-state index < -0.39 is 0 Å². The van der Waals surface area contributed by atoms with Gasteiger partial charge in [0.15, 0.2) is 5.82 Å². The number of halogens is 2. The van der Waals surface area contributed by atoms with Gasteiger partial charge in [0, 0.05) is 21.3 Å². The summed E-state index contributed by atoms with van der Waals surface area (Å²) in [6, 6.07) is 5.91. The van der Waals surface area contributed by atoms with E-state index in [1.165, 1.54) is 11.3 Å². The zero-order chi connectivity index (χ0) is 14.3. The van der Waals surface area contributed by atoms with Crippen LogP contribution in [0.4, 0.5) is 0 Å². The summed E-state index contributed by atoms with van der Waals surface area (Å²) in [5.41, 5.74) is 1.93. The van der Waals surface area contributed by atoms with Crippen LogP contribution in [0.15, 0.2) is 28.1 Å². The van der Waals surface area contributed by atoms with Gasteiger partial charge in [0.05, 0.1) is 17.5 Å². The van der Waals surface area contributed by atoms with E-state index in [9.17, 15) is 0 Å². The number of nitrogens with zero attached hydrogens (tertiary/aromatic N) is 2. The van der Waals surface area contributed by atoms with Crippen molar-refractivity contribution in [3.63, 3.8) is 0 Å². The highest BCUT2D eigenvalue weighted by atomic mass is 79.9. The second-order valence-corrected chi connectivity index (χ2v) is 6.46. The maximum absolute atomic E-state index is 6.30. The van der Waals surface area contributed by atoms with Crippen molar-refractivity contribution in [2.45, 2.75) is 6.92 Å². The van der Waals surface area contributed by atoms with Gasteiger partial charge in [-0.1, -0.05) is 11.6 Å². The second kappa shape index (κ2) is 5.31. The molecule has 0 saturated heterocycles. The molecule has 0 aliphatic rings. The summed E-state index contributed by atoms with van der Waals surface area (Å²) in [4.78, 5) is 9.93. The van der Waals surface area contributed by atoms with E-state index in [2.05, 4.69) is 25.9 Å². The van der Waals surface area contributed by atoms with Gasteiger partial charge in [0.1, 0.15) is 10.9 Å². The first-order chi connectivity index (χ1) is 9.58. The molecule has 20 heavy (non-hydrogen) atoms. The van der Waals surface area contributed by atoms with Gasteiger partial charge in [-0.15, -0.1) is 11.3 Å². The van der Waals surface area contributed by atoms with Gasteiger partial charge in [-0.2, -0.15) is 0 Å². The first-order valence-electron chi connectivity index (χ1n) is 5.85. The number of aromatic nitrogens is 2. The first kappa shape index (κ1) is 13.8. The summed E-state index contributed by atoms with van der Waals surface area (Å²) in [5, 5.41) is 3.23. The third-order valence-electron chi connectivity index (χ3n) is 2.88. The van der Waals surface area contributed by atoms with Crippen molar-refractivity contribution in [1.29, 1.82) is 0 Å². The fraction of sp³-hybridized carbons (Fsp3) is 0.143. The molecule has 3 aromatic rings. The Morgan fingerprint density at radius 2 is 2.05 bits per heavy atom. The number of benzene rings is 1. The molecule has 0 saturated carbocycles. The smallest absolute Gasteiger partial charge is 0.171 e. The van der Waals surface area contributed by atoms with E-state index in [0.717, 1.165) is 31.6 Å². The van der Waals surface area contributed by atoms with E-state index in [1.54, 1.807) is 7.11 Å². The van der Waals surface area contributed by atoms with E-state index in [1.807, 2.05) is 30.5 Å². The predicted molar refractivity (Wildman–Crippen MR) is 86.9 cm³/mol. The van der Waals surface area contributed by atoms with Crippen LogP contribution in [0.3, 0.4) is 0 Å². The Morgan fingerprint density at radius 1 is 1.25 bits per heavy atom. The Bertz CT molecular complexity index is 803.